The summed E-state index contributed by atoms with van der Waals surface area (Å²) in [7, 11) is -4.54. The van der Waals surface area contributed by atoms with Crippen molar-refractivity contribution in [3.63, 3.8) is 0 Å². The van der Waals surface area contributed by atoms with E-state index < -0.39 is 50.6 Å². The van der Waals surface area contributed by atoms with Gasteiger partial charge < -0.3 is 0 Å². The minimum absolute atomic E-state index is 0.0708. The Bertz CT molecular complexity index is 1070. The highest BCUT2D eigenvalue weighted by molar-refractivity contribution is 7.89. The maximum atomic E-state index is 14.0. The third-order valence-electron chi connectivity index (χ3n) is 3.74. The summed E-state index contributed by atoms with van der Waals surface area (Å²) >= 11 is 0. The zero-order valence-electron chi connectivity index (χ0n) is 13.7. The summed E-state index contributed by atoms with van der Waals surface area (Å²) in [5.74, 6) is -8.11. The van der Waals surface area contributed by atoms with Gasteiger partial charge in [-0.2, -0.15) is 32.0 Å². The average Bonchev–Trinajstić information content (AvgIpc) is 3.20. The monoisotopic (exact) mass is 413 g/mol. The number of hydrogen-bond acceptors (Lipinski definition) is 7. The lowest BCUT2D eigenvalue weighted by molar-refractivity contribution is -0.292. The number of aromatic amines is 1. The quantitative estimate of drug-likeness (QED) is 0.711. The first-order chi connectivity index (χ1) is 12.4. The second kappa shape index (κ2) is 5.97. The summed E-state index contributed by atoms with van der Waals surface area (Å²) in [6.07, 6.45) is -3.75. The van der Waals surface area contributed by atoms with Gasteiger partial charge in [-0.05, 0) is 19.9 Å². The minimum atomic E-state index is -6.04. The van der Waals surface area contributed by atoms with E-state index in [-0.39, 0.29) is 9.92 Å². The van der Waals surface area contributed by atoms with E-state index in [2.05, 4.69) is 25.3 Å². The highest BCUT2D eigenvalue weighted by Crippen LogP contribution is 2.42. The first-order valence-electron chi connectivity index (χ1n) is 7.42. The van der Waals surface area contributed by atoms with Crippen molar-refractivity contribution in [3.05, 3.63) is 23.0 Å². The Morgan fingerprint density at radius 1 is 1.26 bits per heavy atom. The molecule has 1 N–H and O–H groups in total. The van der Waals surface area contributed by atoms with Gasteiger partial charge in [0.2, 0.25) is 21.8 Å². The van der Waals surface area contributed by atoms with Crippen molar-refractivity contribution >= 4 is 22.0 Å². The van der Waals surface area contributed by atoms with Gasteiger partial charge in [-0.3, -0.25) is 0 Å². The second-order valence-electron chi connectivity index (χ2n) is 5.54. The molecule has 0 fully saturated rings. The summed E-state index contributed by atoms with van der Waals surface area (Å²) < 4.78 is 91.0. The molecule has 0 aliphatic carbocycles. The van der Waals surface area contributed by atoms with Crippen LogP contribution in [0.15, 0.2) is 11.4 Å². The van der Waals surface area contributed by atoms with Crippen molar-refractivity contribution in [3.8, 4) is 0 Å². The average molecular weight is 413 g/mol. The van der Waals surface area contributed by atoms with Crippen molar-refractivity contribution in [1.82, 2.24) is 24.1 Å². The number of imidazole rings is 1. The van der Waals surface area contributed by atoms with Crippen LogP contribution in [0.4, 0.5) is 27.9 Å². The lowest BCUT2D eigenvalue weighted by Gasteiger charge is -2.22. The number of anilines is 1. The van der Waals surface area contributed by atoms with Crippen molar-refractivity contribution < 1.29 is 30.4 Å². The predicted octanol–water partition coefficient (Wildman–Crippen LogP) is 0.0769. The van der Waals surface area contributed by atoms with Gasteiger partial charge in [-0.1, -0.05) is 0 Å². The van der Waals surface area contributed by atoms with Gasteiger partial charge in [0.1, 0.15) is 11.7 Å². The number of halogens is 5. The Morgan fingerprint density at radius 3 is 2.44 bits per heavy atom. The summed E-state index contributed by atoms with van der Waals surface area (Å²) in [5.41, 5.74) is -0.611. The molecule has 0 radical (unpaired) electrons. The van der Waals surface area contributed by atoms with E-state index in [1.54, 1.807) is 0 Å². The highest BCUT2D eigenvalue weighted by atomic mass is 32.2. The fraction of sp³-hybridized carbons (Fsp3) is 0.500. The molecule has 2 aromatic rings. The molecule has 1 aliphatic rings. The van der Waals surface area contributed by atoms with E-state index in [1.165, 1.54) is 6.92 Å². The van der Waals surface area contributed by atoms with Gasteiger partial charge in [0.15, 0.2) is 5.49 Å². The Kier molecular flexibility index (Phi) is 4.24. The number of aromatic nitrogens is 5. The van der Waals surface area contributed by atoms with Crippen LogP contribution < -0.4 is 15.8 Å². The van der Waals surface area contributed by atoms with Crippen LogP contribution in [-0.4, -0.2) is 50.5 Å². The molecule has 0 bridgehead atoms. The molecule has 0 spiro atoms. The molecule has 1 aliphatic heterocycles. The molecule has 0 amide bonds. The molecular formula is C12H12F5N7O2S. The largest absolute Gasteiger partial charge is 0.461 e. The van der Waals surface area contributed by atoms with Crippen LogP contribution in [0.3, 0.4) is 0 Å². The number of H-pyrrole nitrogens is 1. The summed E-state index contributed by atoms with van der Waals surface area (Å²) in [6, 6.07) is -0.736. The van der Waals surface area contributed by atoms with Crippen LogP contribution in [0.2, 0.25) is 0 Å². The topological polar surface area (TPSA) is 109 Å². The second-order valence-corrected chi connectivity index (χ2v) is 7.65. The Morgan fingerprint density at radius 2 is 1.93 bits per heavy atom. The lowest BCUT2D eigenvalue weighted by atomic mass is 10.3. The van der Waals surface area contributed by atoms with Crippen LogP contribution in [0.5, 0.6) is 0 Å². The van der Waals surface area contributed by atoms with Gasteiger partial charge in [0.05, 0.1) is 11.8 Å². The highest BCUT2D eigenvalue weighted by Gasteiger charge is 2.62. The van der Waals surface area contributed by atoms with Crippen LogP contribution in [0, 0.1) is 0 Å². The Labute approximate surface area is 148 Å². The SMILES string of the molecule is CCS(=O)(=O)n1c(C(F)(F)C(F)(F)F)nc2c1=CC(C)N(c1ncn[nH]1)N=2. The summed E-state index contributed by atoms with van der Waals surface area (Å²) in [5, 5.41) is 10.6. The molecule has 1 atom stereocenters. The lowest BCUT2D eigenvalue weighted by Crippen LogP contribution is -2.45. The molecular weight excluding hydrogens is 401 g/mol. The van der Waals surface area contributed by atoms with Crippen LogP contribution in [0.1, 0.15) is 19.7 Å². The zero-order valence-corrected chi connectivity index (χ0v) is 14.6. The first-order valence-corrected chi connectivity index (χ1v) is 9.03. The standard InChI is InChI=1S/C12H12F5N7O2S/c1-3-27(25,26)24-7-4-6(2)23(10-18-5-19-21-10)22-8(7)20-9(24)11(13,14)12(15,16)17/h4-6H,3H2,1-2H3,(H,18,19,21). The Hall–Kier alpha value is -2.58. The number of fused-ring (bicyclic) bond motifs is 1. The van der Waals surface area contributed by atoms with Crippen molar-refractivity contribution in [2.75, 3.05) is 10.8 Å². The molecule has 1 unspecified atom stereocenters. The van der Waals surface area contributed by atoms with Gasteiger partial charge >= 0.3 is 12.1 Å². The third kappa shape index (κ3) is 2.94. The molecule has 0 saturated heterocycles. The minimum Gasteiger partial charge on any atom is -0.244 e. The van der Waals surface area contributed by atoms with Crippen LogP contribution in [-0.2, 0) is 15.9 Å². The molecule has 9 nitrogen and oxygen atoms in total. The normalized spacial score (nSPS) is 18.0. The fourth-order valence-electron chi connectivity index (χ4n) is 2.40. The fourth-order valence-corrected chi connectivity index (χ4v) is 3.52. The molecule has 3 rings (SSSR count). The van der Waals surface area contributed by atoms with E-state index in [9.17, 15) is 30.4 Å². The summed E-state index contributed by atoms with van der Waals surface area (Å²) in [4.78, 5) is 7.02. The van der Waals surface area contributed by atoms with Gasteiger partial charge in [0.25, 0.3) is 0 Å². The predicted molar refractivity (Wildman–Crippen MR) is 80.6 cm³/mol. The number of rotatable bonds is 4. The number of nitrogens with one attached hydrogen (secondary N) is 1. The molecule has 2 aromatic heterocycles. The van der Waals surface area contributed by atoms with Crippen molar-refractivity contribution in [2.45, 2.75) is 32.0 Å². The van der Waals surface area contributed by atoms with Crippen LogP contribution in [0.25, 0.3) is 6.08 Å². The van der Waals surface area contributed by atoms with Crippen LogP contribution >= 0.6 is 0 Å². The third-order valence-corrected chi connectivity index (χ3v) is 5.39. The summed E-state index contributed by atoms with van der Waals surface area (Å²) in [6.45, 7) is 2.62. The van der Waals surface area contributed by atoms with E-state index >= 15 is 0 Å². The van der Waals surface area contributed by atoms with Crippen molar-refractivity contribution in [1.29, 1.82) is 0 Å². The Balaban J connectivity index is 2.36. The molecule has 27 heavy (non-hydrogen) atoms. The van der Waals surface area contributed by atoms with E-state index in [0.717, 1.165) is 24.3 Å². The van der Waals surface area contributed by atoms with Gasteiger partial charge in [0, 0.05) is 0 Å². The molecule has 148 valence electrons. The van der Waals surface area contributed by atoms with E-state index in [4.69, 9.17) is 0 Å². The maximum absolute atomic E-state index is 14.0. The number of alkyl halides is 5. The molecule has 15 heteroatoms. The smallest absolute Gasteiger partial charge is 0.244 e. The molecule has 0 saturated carbocycles. The number of hydrogen-bond donors (Lipinski definition) is 1. The molecule has 0 aromatic carbocycles. The maximum Gasteiger partial charge on any atom is 0.461 e. The zero-order chi connectivity index (χ0) is 20.2. The van der Waals surface area contributed by atoms with Gasteiger partial charge in [-0.25, -0.2) is 27.5 Å². The van der Waals surface area contributed by atoms with E-state index in [1.807, 2.05) is 0 Å². The first kappa shape index (κ1) is 19.2. The molecule has 3 heterocycles. The number of nitrogens with zero attached hydrogens (tertiary/aromatic N) is 6. The van der Waals surface area contributed by atoms with Gasteiger partial charge in [-0.15, -0.1) is 5.10 Å². The van der Waals surface area contributed by atoms with E-state index in [0.29, 0.717) is 0 Å². The van der Waals surface area contributed by atoms with Crippen molar-refractivity contribution in [2.24, 2.45) is 5.10 Å².